The maximum atomic E-state index is 5.95. The lowest BCUT2D eigenvalue weighted by molar-refractivity contribution is 0.0764. The van der Waals surface area contributed by atoms with Crippen molar-refractivity contribution in [3.8, 4) is 11.5 Å². The summed E-state index contributed by atoms with van der Waals surface area (Å²) in [6.45, 7) is 5.99. The van der Waals surface area contributed by atoms with Crippen LogP contribution in [0.3, 0.4) is 0 Å². The first kappa shape index (κ1) is 25.8. The second kappa shape index (κ2) is 13.6. The number of ether oxygens (including phenoxy) is 3. The Kier molecular flexibility index (Phi) is 9.24. The first-order chi connectivity index (χ1) is 18.8. The average molecular weight is 517 g/mol. The summed E-state index contributed by atoms with van der Waals surface area (Å²) >= 11 is 0. The molecule has 200 valence electrons. The molecule has 9 nitrogen and oxygen atoms in total. The van der Waals surface area contributed by atoms with Crippen molar-refractivity contribution in [3.05, 3.63) is 66.2 Å². The minimum Gasteiger partial charge on any atom is -0.491 e. The van der Waals surface area contributed by atoms with E-state index in [9.17, 15) is 0 Å². The lowest BCUT2D eigenvalue weighted by atomic mass is 10.2. The van der Waals surface area contributed by atoms with Crippen molar-refractivity contribution >= 4 is 23.8 Å². The maximum absolute atomic E-state index is 5.95. The lowest BCUT2D eigenvalue weighted by Crippen LogP contribution is -2.24. The highest BCUT2D eigenvalue weighted by molar-refractivity contribution is 5.84. The number of aromatic nitrogens is 2. The first-order valence-electron chi connectivity index (χ1n) is 13.5. The van der Waals surface area contributed by atoms with E-state index in [0.29, 0.717) is 32.2 Å². The van der Waals surface area contributed by atoms with Gasteiger partial charge in [0.2, 0.25) is 5.95 Å². The summed E-state index contributed by atoms with van der Waals surface area (Å²) in [6.07, 6.45) is 6.53. The molecular formula is C29H36N6O3. The van der Waals surface area contributed by atoms with Crippen molar-refractivity contribution in [1.82, 2.24) is 9.97 Å². The predicted molar refractivity (Wildman–Crippen MR) is 151 cm³/mol. The Hall–Kier alpha value is -3.85. The van der Waals surface area contributed by atoms with Gasteiger partial charge in [-0.3, -0.25) is 5.43 Å². The van der Waals surface area contributed by atoms with E-state index < -0.39 is 0 Å². The smallest absolute Gasteiger partial charge is 0.229 e. The monoisotopic (exact) mass is 516 g/mol. The normalized spacial score (nSPS) is 15.4. The van der Waals surface area contributed by atoms with Crippen LogP contribution in [-0.2, 0) is 4.74 Å². The van der Waals surface area contributed by atoms with Gasteiger partial charge in [-0.05, 0) is 49.9 Å². The van der Waals surface area contributed by atoms with Crippen LogP contribution in [-0.4, -0.2) is 68.8 Å². The molecule has 1 N–H and O–H groups in total. The molecule has 2 aliphatic rings. The van der Waals surface area contributed by atoms with Crippen LogP contribution in [0.1, 0.15) is 31.2 Å². The Morgan fingerprint density at radius 1 is 0.763 bits per heavy atom. The molecule has 5 rings (SSSR count). The second-order valence-electron chi connectivity index (χ2n) is 9.33. The Morgan fingerprint density at radius 2 is 1.45 bits per heavy atom. The Bertz CT molecular complexity index is 1130. The van der Waals surface area contributed by atoms with E-state index in [4.69, 9.17) is 24.2 Å². The topological polar surface area (TPSA) is 84.3 Å². The SMILES string of the molecule is C(=N/Nc1cc(N2CCCC2)nc(N2CCCC2)n1)/c1ccccc1OCCOCCOc1ccccc1. The van der Waals surface area contributed by atoms with Gasteiger partial charge in [-0.1, -0.05) is 30.3 Å². The minimum absolute atomic E-state index is 0.438. The van der Waals surface area contributed by atoms with Crippen molar-refractivity contribution in [2.45, 2.75) is 25.7 Å². The minimum atomic E-state index is 0.438. The van der Waals surface area contributed by atoms with Crippen molar-refractivity contribution in [1.29, 1.82) is 0 Å². The van der Waals surface area contributed by atoms with Crippen LogP contribution in [0.25, 0.3) is 0 Å². The molecule has 38 heavy (non-hydrogen) atoms. The number of para-hydroxylation sites is 2. The van der Waals surface area contributed by atoms with Crippen molar-refractivity contribution in [2.24, 2.45) is 5.10 Å². The summed E-state index contributed by atoms with van der Waals surface area (Å²) in [6, 6.07) is 19.5. The van der Waals surface area contributed by atoms with Gasteiger partial charge in [0.25, 0.3) is 0 Å². The van der Waals surface area contributed by atoms with E-state index in [1.807, 2.05) is 60.7 Å². The van der Waals surface area contributed by atoms with E-state index >= 15 is 0 Å². The quantitative estimate of drug-likeness (QED) is 0.201. The third-order valence-corrected chi connectivity index (χ3v) is 6.55. The average Bonchev–Trinajstić information content (AvgIpc) is 3.69. The molecule has 0 spiro atoms. The fourth-order valence-electron chi connectivity index (χ4n) is 4.58. The molecule has 3 aromatic rings. The molecular weight excluding hydrogens is 480 g/mol. The molecule has 2 saturated heterocycles. The number of anilines is 3. The van der Waals surface area contributed by atoms with Crippen molar-refractivity contribution in [2.75, 3.05) is 67.8 Å². The van der Waals surface area contributed by atoms with Gasteiger partial charge in [-0.2, -0.15) is 15.1 Å². The van der Waals surface area contributed by atoms with E-state index in [1.54, 1.807) is 6.21 Å². The van der Waals surface area contributed by atoms with Gasteiger partial charge in [0.1, 0.15) is 30.5 Å². The molecule has 0 aliphatic carbocycles. The highest BCUT2D eigenvalue weighted by Gasteiger charge is 2.20. The maximum Gasteiger partial charge on any atom is 0.229 e. The number of rotatable bonds is 13. The zero-order valence-electron chi connectivity index (χ0n) is 21.8. The molecule has 2 fully saturated rings. The molecule has 0 bridgehead atoms. The molecule has 0 unspecified atom stereocenters. The highest BCUT2D eigenvalue weighted by Crippen LogP contribution is 2.25. The fraction of sp³-hybridized carbons (Fsp3) is 0.414. The molecule has 0 amide bonds. The van der Waals surface area contributed by atoms with Crippen molar-refractivity contribution < 1.29 is 14.2 Å². The third kappa shape index (κ3) is 7.35. The summed E-state index contributed by atoms with van der Waals surface area (Å²) in [5.74, 6) is 4.04. The van der Waals surface area contributed by atoms with E-state index in [2.05, 4.69) is 20.3 Å². The lowest BCUT2D eigenvalue weighted by Gasteiger charge is -2.21. The molecule has 0 atom stereocenters. The van der Waals surface area contributed by atoms with Gasteiger partial charge in [0.05, 0.1) is 19.4 Å². The summed E-state index contributed by atoms with van der Waals surface area (Å²) in [4.78, 5) is 14.2. The molecule has 9 heteroatoms. The predicted octanol–water partition coefficient (Wildman–Crippen LogP) is 4.60. The van der Waals surface area contributed by atoms with E-state index in [1.165, 1.54) is 25.7 Å². The largest absolute Gasteiger partial charge is 0.491 e. The second-order valence-corrected chi connectivity index (χ2v) is 9.33. The molecule has 2 aliphatic heterocycles. The Balaban J connectivity index is 1.13. The first-order valence-corrected chi connectivity index (χ1v) is 13.5. The highest BCUT2D eigenvalue weighted by atomic mass is 16.5. The van der Waals surface area contributed by atoms with Gasteiger partial charge in [-0.25, -0.2) is 0 Å². The third-order valence-electron chi connectivity index (χ3n) is 6.55. The van der Waals surface area contributed by atoms with Crippen LogP contribution >= 0.6 is 0 Å². The Labute approximate surface area is 224 Å². The van der Waals surface area contributed by atoms with Crippen LogP contribution < -0.4 is 24.7 Å². The van der Waals surface area contributed by atoms with Gasteiger partial charge >= 0.3 is 0 Å². The zero-order valence-corrected chi connectivity index (χ0v) is 21.8. The molecule has 3 heterocycles. The van der Waals surface area contributed by atoms with Gasteiger partial charge in [0, 0.05) is 37.8 Å². The number of hydrazone groups is 1. The van der Waals surface area contributed by atoms with Crippen LogP contribution in [0.5, 0.6) is 11.5 Å². The number of nitrogens with one attached hydrogen (secondary N) is 1. The zero-order chi connectivity index (χ0) is 25.8. The van der Waals surface area contributed by atoms with Gasteiger partial charge < -0.3 is 24.0 Å². The number of benzene rings is 2. The van der Waals surface area contributed by atoms with Crippen LogP contribution in [0.15, 0.2) is 65.8 Å². The van der Waals surface area contributed by atoms with Crippen molar-refractivity contribution in [3.63, 3.8) is 0 Å². The summed E-state index contributed by atoms with van der Waals surface area (Å²) in [5.41, 5.74) is 4.00. The molecule has 0 radical (unpaired) electrons. The summed E-state index contributed by atoms with van der Waals surface area (Å²) in [5, 5.41) is 4.48. The fourth-order valence-corrected chi connectivity index (χ4v) is 4.58. The molecule has 2 aromatic carbocycles. The number of hydrogen-bond acceptors (Lipinski definition) is 9. The molecule has 1 aromatic heterocycles. The van der Waals surface area contributed by atoms with Crippen LogP contribution in [0, 0.1) is 0 Å². The number of nitrogens with zero attached hydrogens (tertiary/aromatic N) is 5. The number of hydrogen-bond donors (Lipinski definition) is 1. The van der Waals surface area contributed by atoms with E-state index in [0.717, 1.165) is 55.0 Å². The van der Waals surface area contributed by atoms with Gasteiger partial charge in [0.15, 0.2) is 5.82 Å². The molecule has 0 saturated carbocycles. The van der Waals surface area contributed by atoms with E-state index in [-0.39, 0.29) is 0 Å². The Morgan fingerprint density at radius 3 is 2.24 bits per heavy atom. The van der Waals surface area contributed by atoms with Gasteiger partial charge in [-0.15, -0.1) is 0 Å². The standard InChI is InChI=1S/C29H36N6O3/c1-2-11-25(12-3-1)37-20-18-36-19-21-38-26-13-5-4-10-24(26)23-30-33-27-22-28(34-14-6-7-15-34)32-29(31-27)35-16-8-9-17-35/h1-5,10-13,22-23H,6-9,14-21H2,(H,31,32,33)/b30-23-. The summed E-state index contributed by atoms with van der Waals surface area (Å²) < 4.78 is 17.2. The van der Waals surface area contributed by atoms with Crippen LogP contribution in [0.2, 0.25) is 0 Å². The van der Waals surface area contributed by atoms with Crippen LogP contribution in [0.4, 0.5) is 17.6 Å². The summed E-state index contributed by atoms with van der Waals surface area (Å²) in [7, 11) is 0.